The van der Waals surface area contributed by atoms with Crippen molar-refractivity contribution in [2.45, 2.75) is 19.8 Å². The van der Waals surface area contributed by atoms with Crippen LogP contribution in [0.5, 0.6) is 0 Å². The highest BCUT2D eigenvalue weighted by Crippen LogP contribution is 1.98. The van der Waals surface area contributed by atoms with Gasteiger partial charge in [-0.1, -0.05) is 13.3 Å². The summed E-state index contributed by atoms with van der Waals surface area (Å²) in [4.78, 5) is 10.3. The summed E-state index contributed by atoms with van der Waals surface area (Å²) in [6.45, 7) is 0.911. The van der Waals surface area contributed by atoms with Crippen molar-refractivity contribution in [1.29, 1.82) is 0 Å². The second-order valence-electron chi connectivity index (χ2n) is 2.23. The Hall–Kier alpha value is -0.620. The fourth-order valence-corrected chi connectivity index (χ4v) is 1.59. The maximum Gasteiger partial charge on any atom is 0.347 e. The van der Waals surface area contributed by atoms with Gasteiger partial charge in [0.05, 0.1) is 5.75 Å². The topological polar surface area (TPSA) is 80.7 Å². The third-order valence-electron chi connectivity index (χ3n) is 1.10. The number of carbonyl (C=O) groups excluding carboxylic acids is 1. The van der Waals surface area contributed by atoms with E-state index in [9.17, 15) is 13.2 Å². The minimum absolute atomic E-state index is 0.185. The Kier molecular flexibility index (Phi) is 4.84. The molecule has 0 aliphatic heterocycles. The molecule has 0 fully saturated rings. The standard InChI is InChI=1S/C6H12O5S/c1-2-3-4-12(9,10)11-6(8)5-7/h7H,2-5H2,1H3. The summed E-state index contributed by atoms with van der Waals surface area (Å²) >= 11 is 0. The lowest BCUT2D eigenvalue weighted by molar-refractivity contribution is -0.136. The van der Waals surface area contributed by atoms with Crippen molar-refractivity contribution < 1.29 is 22.5 Å². The molecular formula is C6H12O5S. The highest BCUT2D eigenvalue weighted by atomic mass is 32.2. The number of carbonyl (C=O) groups is 1. The van der Waals surface area contributed by atoms with E-state index in [4.69, 9.17) is 5.11 Å². The van der Waals surface area contributed by atoms with Crippen LogP contribution in [0.3, 0.4) is 0 Å². The Morgan fingerprint density at radius 3 is 2.50 bits per heavy atom. The number of aliphatic hydroxyl groups excluding tert-OH is 1. The molecular weight excluding hydrogens is 184 g/mol. The van der Waals surface area contributed by atoms with Crippen molar-refractivity contribution >= 4 is 16.1 Å². The summed E-state index contributed by atoms with van der Waals surface area (Å²) in [5.41, 5.74) is 0. The predicted molar refractivity (Wildman–Crippen MR) is 41.9 cm³/mol. The first-order valence-corrected chi connectivity index (χ1v) is 5.15. The van der Waals surface area contributed by atoms with Crippen molar-refractivity contribution in [2.24, 2.45) is 0 Å². The highest BCUT2D eigenvalue weighted by molar-refractivity contribution is 7.87. The summed E-state index contributed by atoms with van der Waals surface area (Å²) in [7, 11) is -3.76. The molecule has 0 aromatic rings. The van der Waals surface area contributed by atoms with Gasteiger partial charge in [-0.25, -0.2) is 4.79 Å². The number of aliphatic hydroxyl groups is 1. The maximum absolute atomic E-state index is 10.8. The Labute approximate surface area is 71.5 Å². The first-order valence-electron chi connectivity index (χ1n) is 3.57. The van der Waals surface area contributed by atoms with Crippen LogP contribution in [0.1, 0.15) is 19.8 Å². The molecule has 0 unspecified atom stereocenters. The molecule has 0 rings (SSSR count). The Balaban J connectivity index is 3.96. The molecule has 0 aliphatic rings. The minimum atomic E-state index is -3.76. The van der Waals surface area contributed by atoms with Gasteiger partial charge in [0.2, 0.25) is 0 Å². The van der Waals surface area contributed by atoms with Crippen molar-refractivity contribution in [3.05, 3.63) is 0 Å². The minimum Gasteiger partial charge on any atom is -0.385 e. The van der Waals surface area contributed by atoms with E-state index in [2.05, 4.69) is 4.18 Å². The van der Waals surface area contributed by atoms with E-state index in [0.717, 1.165) is 0 Å². The maximum atomic E-state index is 10.8. The van der Waals surface area contributed by atoms with Crippen molar-refractivity contribution in [1.82, 2.24) is 0 Å². The first kappa shape index (κ1) is 11.4. The summed E-state index contributed by atoms with van der Waals surface area (Å²) in [6, 6.07) is 0. The third kappa shape index (κ3) is 5.09. The van der Waals surface area contributed by atoms with Gasteiger partial charge in [-0.2, -0.15) is 8.42 Å². The summed E-state index contributed by atoms with van der Waals surface area (Å²) in [5, 5.41) is 8.18. The Morgan fingerprint density at radius 2 is 2.08 bits per heavy atom. The van der Waals surface area contributed by atoms with Crippen LogP contribution in [0.25, 0.3) is 0 Å². The van der Waals surface area contributed by atoms with E-state index in [1.807, 2.05) is 6.92 Å². The van der Waals surface area contributed by atoms with Crippen molar-refractivity contribution in [3.8, 4) is 0 Å². The van der Waals surface area contributed by atoms with Gasteiger partial charge in [-0.3, -0.25) is 0 Å². The zero-order chi connectivity index (χ0) is 9.61. The molecule has 0 spiro atoms. The van der Waals surface area contributed by atoms with Crippen LogP contribution in [0.2, 0.25) is 0 Å². The summed E-state index contributed by atoms with van der Waals surface area (Å²) in [6.07, 6.45) is 1.15. The molecule has 1 N–H and O–H groups in total. The van der Waals surface area contributed by atoms with Crippen LogP contribution in [0, 0.1) is 0 Å². The van der Waals surface area contributed by atoms with E-state index in [1.165, 1.54) is 0 Å². The lowest BCUT2D eigenvalue weighted by atomic mass is 10.4. The van der Waals surface area contributed by atoms with Crippen LogP contribution in [-0.4, -0.2) is 31.9 Å². The predicted octanol–water partition coefficient (Wildman–Crippen LogP) is -0.348. The van der Waals surface area contributed by atoms with Gasteiger partial charge in [0.25, 0.3) is 0 Å². The van der Waals surface area contributed by atoms with Gasteiger partial charge in [-0.15, -0.1) is 0 Å². The van der Waals surface area contributed by atoms with Gasteiger partial charge in [0.1, 0.15) is 6.61 Å². The fraction of sp³-hybridized carbons (Fsp3) is 0.833. The van der Waals surface area contributed by atoms with Gasteiger partial charge in [-0.05, 0) is 6.42 Å². The lowest BCUT2D eigenvalue weighted by Gasteiger charge is -2.01. The lowest BCUT2D eigenvalue weighted by Crippen LogP contribution is -2.18. The zero-order valence-electron chi connectivity index (χ0n) is 6.82. The van der Waals surface area contributed by atoms with Gasteiger partial charge in [0.15, 0.2) is 0 Å². The molecule has 0 saturated carbocycles. The molecule has 0 radical (unpaired) electrons. The zero-order valence-corrected chi connectivity index (χ0v) is 7.63. The first-order chi connectivity index (χ1) is 5.52. The number of rotatable bonds is 5. The fourth-order valence-electron chi connectivity index (χ4n) is 0.531. The summed E-state index contributed by atoms with van der Waals surface area (Å²) < 4.78 is 25.6. The summed E-state index contributed by atoms with van der Waals surface area (Å²) in [5.74, 6) is -1.32. The van der Waals surface area contributed by atoms with Gasteiger partial charge < -0.3 is 9.29 Å². The van der Waals surface area contributed by atoms with Crippen LogP contribution >= 0.6 is 0 Å². The molecule has 0 amide bonds. The van der Waals surface area contributed by atoms with Crippen LogP contribution in [0.4, 0.5) is 0 Å². The van der Waals surface area contributed by atoms with Crippen LogP contribution in [0.15, 0.2) is 0 Å². The molecule has 12 heavy (non-hydrogen) atoms. The second-order valence-corrected chi connectivity index (χ2v) is 3.92. The normalized spacial score (nSPS) is 11.2. The molecule has 0 aromatic heterocycles. The second kappa shape index (κ2) is 5.10. The Morgan fingerprint density at radius 1 is 1.50 bits per heavy atom. The molecule has 72 valence electrons. The van der Waals surface area contributed by atoms with Crippen LogP contribution in [-0.2, 0) is 19.1 Å². The highest BCUT2D eigenvalue weighted by Gasteiger charge is 2.14. The quantitative estimate of drug-likeness (QED) is 0.608. The average molecular weight is 196 g/mol. The van der Waals surface area contributed by atoms with E-state index >= 15 is 0 Å². The largest absolute Gasteiger partial charge is 0.385 e. The van der Waals surface area contributed by atoms with E-state index < -0.39 is 22.7 Å². The smallest absolute Gasteiger partial charge is 0.347 e. The number of unbranched alkanes of at least 4 members (excludes halogenated alkanes) is 1. The van der Waals surface area contributed by atoms with E-state index in [0.29, 0.717) is 12.8 Å². The molecule has 0 heterocycles. The molecule has 0 aliphatic carbocycles. The molecule has 0 atom stereocenters. The van der Waals surface area contributed by atoms with E-state index in [1.54, 1.807) is 0 Å². The van der Waals surface area contributed by atoms with E-state index in [-0.39, 0.29) is 5.75 Å². The van der Waals surface area contributed by atoms with Crippen molar-refractivity contribution in [2.75, 3.05) is 12.4 Å². The third-order valence-corrected chi connectivity index (χ3v) is 2.33. The average Bonchev–Trinajstić information content (AvgIpc) is 2.00. The van der Waals surface area contributed by atoms with Crippen LogP contribution < -0.4 is 0 Å². The molecule has 0 aromatic carbocycles. The van der Waals surface area contributed by atoms with Gasteiger partial charge in [0, 0.05) is 0 Å². The number of hydrogen-bond acceptors (Lipinski definition) is 5. The molecule has 0 bridgehead atoms. The molecule has 6 heteroatoms. The SMILES string of the molecule is CCCCS(=O)(=O)OC(=O)CO. The van der Waals surface area contributed by atoms with Crippen molar-refractivity contribution in [3.63, 3.8) is 0 Å². The van der Waals surface area contributed by atoms with Gasteiger partial charge >= 0.3 is 16.1 Å². The molecule has 0 saturated heterocycles. The number of hydrogen-bond donors (Lipinski definition) is 1. The Bertz CT molecular complexity index is 230. The molecule has 5 nitrogen and oxygen atoms in total. The monoisotopic (exact) mass is 196 g/mol.